The number of carbonyl (C=O) groups is 1. The summed E-state index contributed by atoms with van der Waals surface area (Å²) in [5.74, 6) is -0.0958. The van der Waals surface area contributed by atoms with Gasteiger partial charge in [-0.1, -0.05) is 0 Å². The Morgan fingerprint density at radius 2 is 2.14 bits per heavy atom. The zero-order valence-corrected chi connectivity index (χ0v) is 12.2. The number of hydrogen-bond acceptors (Lipinski definition) is 7. The van der Waals surface area contributed by atoms with Gasteiger partial charge in [0.05, 0.1) is 5.69 Å². The summed E-state index contributed by atoms with van der Waals surface area (Å²) >= 11 is 1.38. The maximum absolute atomic E-state index is 12.1. The van der Waals surface area contributed by atoms with E-state index in [0.717, 1.165) is 30.1 Å². The van der Waals surface area contributed by atoms with Gasteiger partial charge in [0.1, 0.15) is 11.4 Å². The van der Waals surface area contributed by atoms with Crippen molar-refractivity contribution in [1.82, 2.24) is 9.88 Å². The Labute approximate surface area is 125 Å². The van der Waals surface area contributed by atoms with Crippen molar-refractivity contribution in [2.45, 2.75) is 13.0 Å². The van der Waals surface area contributed by atoms with Crippen LogP contribution < -0.4 is 4.74 Å². The molecule has 7 heteroatoms. The van der Waals surface area contributed by atoms with Crippen LogP contribution >= 0.6 is 11.3 Å². The van der Waals surface area contributed by atoms with Crippen LogP contribution in [0.4, 0.5) is 5.69 Å². The number of likely N-dealkylation sites (N-methyl/N-ethyl adjacent to an activating group) is 1. The Hall–Kier alpha value is -2.12. The first-order chi connectivity index (χ1) is 10.2. The van der Waals surface area contributed by atoms with Crippen LogP contribution in [-0.2, 0) is 13.0 Å². The topological polar surface area (TPSA) is 71.9 Å². The molecule has 1 aliphatic heterocycles. The van der Waals surface area contributed by atoms with Crippen molar-refractivity contribution in [1.29, 1.82) is 0 Å². The molecule has 0 N–H and O–H groups in total. The van der Waals surface area contributed by atoms with E-state index >= 15 is 0 Å². The Bertz CT molecular complexity index is 681. The summed E-state index contributed by atoms with van der Waals surface area (Å²) in [5, 5.41) is 3.16. The van der Waals surface area contributed by atoms with Crippen molar-refractivity contribution in [2.75, 3.05) is 13.6 Å². The van der Waals surface area contributed by atoms with Crippen molar-refractivity contribution in [3.05, 3.63) is 44.8 Å². The van der Waals surface area contributed by atoms with Crippen molar-refractivity contribution in [3.63, 3.8) is 0 Å². The van der Waals surface area contributed by atoms with Crippen LogP contribution in [0.5, 0.6) is 5.75 Å². The molecule has 0 spiro atoms. The quantitative estimate of drug-likeness (QED) is 0.495. The molecule has 0 saturated carbocycles. The highest BCUT2D eigenvalue weighted by Gasteiger charge is 2.22. The molecule has 6 nitrogen and oxygen atoms in total. The maximum atomic E-state index is 12.1. The fourth-order valence-electron chi connectivity index (χ4n) is 2.14. The van der Waals surface area contributed by atoms with E-state index < -0.39 is 5.97 Å². The van der Waals surface area contributed by atoms with Gasteiger partial charge in [0, 0.05) is 24.4 Å². The van der Waals surface area contributed by atoms with Crippen LogP contribution in [0.25, 0.3) is 0 Å². The molecule has 0 aliphatic carbocycles. The lowest BCUT2D eigenvalue weighted by atomic mass is 10.2. The minimum absolute atomic E-state index is 0.294. The first kappa shape index (κ1) is 13.8. The molecule has 0 amide bonds. The molecular formula is C14H13N3O3S. The molecule has 1 aromatic carbocycles. The third kappa shape index (κ3) is 2.98. The molecule has 0 unspecified atom stereocenters. The molecule has 0 radical (unpaired) electrons. The van der Waals surface area contributed by atoms with Gasteiger partial charge in [-0.3, -0.25) is 0 Å². The number of thiazole rings is 1. The lowest BCUT2D eigenvalue weighted by Gasteiger charge is -2.20. The Kier molecular flexibility index (Phi) is 3.76. The SMILES string of the molecule is CN1CCc2nc(C(=O)Oc3ccc(N=O)cc3)sc2C1. The van der Waals surface area contributed by atoms with Crippen molar-refractivity contribution in [2.24, 2.45) is 5.18 Å². The van der Waals surface area contributed by atoms with Crippen LogP contribution in [0.2, 0.25) is 0 Å². The van der Waals surface area contributed by atoms with E-state index in [1.165, 1.54) is 35.6 Å². The monoisotopic (exact) mass is 303 g/mol. The molecule has 1 aliphatic rings. The second-order valence-corrected chi connectivity index (χ2v) is 5.94. The zero-order valence-electron chi connectivity index (χ0n) is 11.4. The zero-order chi connectivity index (χ0) is 14.8. The molecule has 0 bridgehead atoms. The number of esters is 1. The summed E-state index contributed by atoms with van der Waals surface area (Å²) in [6.07, 6.45) is 0.856. The van der Waals surface area contributed by atoms with Gasteiger partial charge in [0.25, 0.3) is 0 Å². The van der Waals surface area contributed by atoms with Crippen LogP contribution in [0, 0.1) is 4.91 Å². The third-order valence-corrected chi connectivity index (χ3v) is 4.31. The van der Waals surface area contributed by atoms with Gasteiger partial charge >= 0.3 is 5.97 Å². The van der Waals surface area contributed by atoms with Crippen molar-refractivity contribution >= 4 is 23.0 Å². The van der Waals surface area contributed by atoms with Gasteiger partial charge in [-0.25, -0.2) is 9.78 Å². The number of aromatic nitrogens is 1. The smallest absolute Gasteiger partial charge is 0.372 e. The summed E-state index contributed by atoms with van der Waals surface area (Å²) in [5.41, 5.74) is 1.29. The number of nitrogens with zero attached hydrogens (tertiary/aromatic N) is 3. The van der Waals surface area contributed by atoms with Crippen LogP contribution in [-0.4, -0.2) is 29.4 Å². The normalized spacial score (nSPS) is 14.5. The fraction of sp³-hybridized carbons (Fsp3) is 0.286. The standard InChI is InChI=1S/C14H13N3O3S/c1-17-7-6-11-12(8-17)21-13(15-11)14(18)20-10-4-2-9(16-19)3-5-10/h2-5H,6-8H2,1H3. The number of rotatable bonds is 3. The minimum Gasteiger partial charge on any atom is -0.421 e. The van der Waals surface area contributed by atoms with Crippen LogP contribution in [0.15, 0.2) is 29.4 Å². The van der Waals surface area contributed by atoms with Gasteiger partial charge in [0.15, 0.2) is 0 Å². The van der Waals surface area contributed by atoms with Gasteiger partial charge in [-0.2, -0.15) is 0 Å². The average Bonchev–Trinajstić information content (AvgIpc) is 2.91. The summed E-state index contributed by atoms with van der Waals surface area (Å²) in [7, 11) is 2.04. The Balaban J connectivity index is 1.74. The second kappa shape index (κ2) is 5.71. The van der Waals surface area contributed by atoms with E-state index in [-0.39, 0.29) is 0 Å². The van der Waals surface area contributed by atoms with Crippen LogP contribution in [0.1, 0.15) is 20.4 Å². The van der Waals surface area contributed by atoms with Gasteiger partial charge in [-0.05, 0) is 36.5 Å². The van der Waals surface area contributed by atoms with E-state index in [1.54, 1.807) is 0 Å². The predicted molar refractivity (Wildman–Crippen MR) is 79.0 cm³/mol. The van der Waals surface area contributed by atoms with Gasteiger partial charge in [-0.15, -0.1) is 16.2 Å². The van der Waals surface area contributed by atoms with E-state index in [0.29, 0.717) is 16.4 Å². The number of hydrogen-bond donors (Lipinski definition) is 0. The van der Waals surface area contributed by atoms with Crippen molar-refractivity contribution < 1.29 is 9.53 Å². The van der Waals surface area contributed by atoms with E-state index in [4.69, 9.17) is 4.74 Å². The number of carbonyl (C=O) groups excluding carboxylic acids is 1. The molecule has 0 saturated heterocycles. The number of fused-ring (bicyclic) bond motifs is 1. The molecule has 21 heavy (non-hydrogen) atoms. The molecule has 108 valence electrons. The molecule has 2 aromatic rings. The van der Waals surface area contributed by atoms with Gasteiger partial charge < -0.3 is 9.64 Å². The summed E-state index contributed by atoms with van der Waals surface area (Å²) < 4.78 is 5.26. The van der Waals surface area contributed by atoms with E-state index in [1.807, 2.05) is 7.05 Å². The largest absolute Gasteiger partial charge is 0.421 e. The predicted octanol–water partition coefficient (Wildman–Crippen LogP) is 2.75. The van der Waals surface area contributed by atoms with Crippen molar-refractivity contribution in [3.8, 4) is 5.75 Å². The first-order valence-electron chi connectivity index (χ1n) is 6.48. The minimum atomic E-state index is -0.469. The Morgan fingerprint density at radius 1 is 1.38 bits per heavy atom. The number of nitroso groups, excluding NO2 is 1. The highest BCUT2D eigenvalue weighted by molar-refractivity contribution is 7.13. The molecular weight excluding hydrogens is 290 g/mol. The summed E-state index contributed by atoms with van der Waals surface area (Å²) in [6.45, 7) is 1.77. The fourth-order valence-corrected chi connectivity index (χ4v) is 3.20. The van der Waals surface area contributed by atoms with E-state index in [2.05, 4.69) is 15.1 Å². The first-order valence-corrected chi connectivity index (χ1v) is 7.30. The maximum Gasteiger partial charge on any atom is 0.372 e. The molecule has 1 aromatic heterocycles. The highest BCUT2D eigenvalue weighted by Crippen LogP contribution is 2.26. The molecule has 0 fully saturated rings. The van der Waals surface area contributed by atoms with Crippen LogP contribution in [0.3, 0.4) is 0 Å². The number of ether oxygens (including phenoxy) is 1. The lowest BCUT2D eigenvalue weighted by Crippen LogP contribution is -2.25. The number of benzene rings is 1. The lowest BCUT2D eigenvalue weighted by molar-refractivity contribution is 0.0734. The molecule has 0 atom stereocenters. The molecule has 3 rings (SSSR count). The second-order valence-electron chi connectivity index (χ2n) is 4.85. The van der Waals surface area contributed by atoms with Gasteiger partial charge in [0.2, 0.25) is 5.01 Å². The Morgan fingerprint density at radius 3 is 2.86 bits per heavy atom. The summed E-state index contributed by atoms with van der Waals surface area (Å²) in [4.78, 5) is 30.1. The average molecular weight is 303 g/mol. The third-order valence-electron chi connectivity index (χ3n) is 3.25. The molecule has 2 heterocycles. The highest BCUT2D eigenvalue weighted by atomic mass is 32.1. The van der Waals surface area contributed by atoms with E-state index in [9.17, 15) is 9.70 Å². The summed E-state index contributed by atoms with van der Waals surface area (Å²) in [6, 6.07) is 6.07.